The van der Waals surface area contributed by atoms with E-state index in [2.05, 4.69) is 0 Å². The van der Waals surface area contributed by atoms with Crippen molar-refractivity contribution >= 4 is 11.9 Å². The molecule has 26 heavy (non-hydrogen) atoms. The van der Waals surface area contributed by atoms with Gasteiger partial charge in [0.2, 0.25) is 6.29 Å². The van der Waals surface area contributed by atoms with Crippen molar-refractivity contribution in [1.82, 2.24) is 0 Å². The number of phenols is 1. The van der Waals surface area contributed by atoms with Gasteiger partial charge in [-0.05, 0) is 37.6 Å². The van der Waals surface area contributed by atoms with Gasteiger partial charge >= 0.3 is 0 Å². The number of carbonyl (C=O) groups is 1. The second-order valence-electron chi connectivity index (χ2n) is 7.16. The summed E-state index contributed by atoms with van der Waals surface area (Å²) in [6.45, 7) is 3.54. The average molecular weight is 352 g/mol. The largest absolute Gasteiger partial charge is 0.507 e. The molecule has 0 radical (unpaired) electrons. The lowest BCUT2D eigenvalue weighted by atomic mass is 9.86. The molecule has 1 saturated heterocycles. The lowest BCUT2D eigenvalue weighted by Gasteiger charge is -2.24. The van der Waals surface area contributed by atoms with Crippen LogP contribution in [0.3, 0.4) is 0 Å². The zero-order chi connectivity index (χ0) is 18.5. The summed E-state index contributed by atoms with van der Waals surface area (Å²) in [5.74, 6) is -0.551. The van der Waals surface area contributed by atoms with Crippen LogP contribution in [0, 0.1) is 0 Å². The molecule has 5 heteroatoms. The van der Waals surface area contributed by atoms with E-state index in [4.69, 9.17) is 9.47 Å². The Morgan fingerprint density at radius 3 is 2.62 bits per heavy atom. The molecule has 0 amide bonds. The Morgan fingerprint density at radius 2 is 1.88 bits per heavy atom. The van der Waals surface area contributed by atoms with E-state index in [0.717, 1.165) is 5.56 Å². The average Bonchev–Trinajstić information content (AvgIpc) is 3.07. The minimum Gasteiger partial charge on any atom is -0.507 e. The number of ketones is 1. The molecule has 0 aliphatic carbocycles. The molecule has 2 aliphatic rings. The van der Waals surface area contributed by atoms with E-state index in [9.17, 15) is 15.0 Å². The topological polar surface area (TPSA) is 76.0 Å². The smallest absolute Gasteiger partial charge is 0.210 e. The number of carbonyl (C=O) groups excluding carboxylic acids is 1. The minimum absolute atomic E-state index is 0.155. The maximum atomic E-state index is 12.6. The summed E-state index contributed by atoms with van der Waals surface area (Å²) >= 11 is 0. The fraction of sp³-hybridized carbons (Fsp3) is 0.286. The lowest BCUT2D eigenvalue weighted by molar-refractivity contribution is -0.118. The Bertz CT molecular complexity index is 885. The number of ether oxygens (including phenoxy) is 2. The van der Waals surface area contributed by atoms with Gasteiger partial charge in [0.25, 0.3) is 0 Å². The minimum atomic E-state index is -0.843. The zero-order valence-electron chi connectivity index (χ0n) is 14.5. The van der Waals surface area contributed by atoms with E-state index in [1.807, 2.05) is 30.3 Å². The van der Waals surface area contributed by atoms with Crippen LogP contribution in [0.5, 0.6) is 11.5 Å². The molecule has 5 nitrogen and oxygen atoms in total. The summed E-state index contributed by atoms with van der Waals surface area (Å²) in [4.78, 5) is 12.6. The molecule has 0 spiro atoms. The molecule has 0 aromatic heterocycles. The van der Waals surface area contributed by atoms with E-state index >= 15 is 0 Å². The van der Waals surface area contributed by atoms with Gasteiger partial charge in [-0.25, -0.2) is 0 Å². The number of aliphatic hydroxyl groups excluding tert-OH is 1. The summed E-state index contributed by atoms with van der Waals surface area (Å²) in [6.07, 6.45) is 1.62. The third kappa shape index (κ3) is 2.60. The van der Waals surface area contributed by atoms with Gasteiger partial charge < -0.3 is 19.7 Å². The molecule has 3 atom stereocenters. The van der Waals surface area contributed by atoms with Crippen LogP contribution in [-0.2, 0) is 4.74 Å². The molecule has 2 heterocycles. The molecule has 134 valence electrons. The van der Waals surface area contributed by atoms with Crippen molar-refractivity contribution in [2.24, 2.45) is 0 Å². The zero-order valence-corrected chi connectivity index (χ0v) is 14.5. The van der Waals surface area contributed by atoms with E-state index < -0.39 is 23.9 Å². The predicted molar refractivity (Wildman–Crippen MR) is 96.2 cm³/mol. The summed E-state index contributed by atoms with van der Waals surface area (Å²) in [6, 6.07) is 12.6. The highest BCUT2D eigenvalue weighted by atomic mass is 16.7. The van der Waals surface area contributed by atoms with Crippen LogP contribution in [0.25, 0.3) is 6.08 Å². The van der Waals surface area contributed by atoms with Gasteiger partial charge in [0, 0.05) is 5.56 Å². The normalized spacial score (nSPS) is 25.7. The highest BCUT2D eigenvalue weighted by Gasteiger charge is 2.56. The van der Waals surface area contributed by atoms with Gasteiger partial charge in [-0.2, -0.15) is 0 Å². The van der Waals surface area contributed by atoms with Crippen molar-refractivity contribution in [3.63, 3.8) is 0 Å². The van der Waals surface area contributed by atoms with Crippen LogP contribution in [0.4, 0.5) is 0 Å². The van der Waals surface area contributed by atoms with Crippen molar-refractivity contribution in [2.75, 3.05) is 0 Å². The maximum absolute atomic E-state index is 12.6. The van der Waals surface area contributed by atoms with Gasteiger partial charge in [0.1, 0.15) is 11.5 Å². The van der Waals surface area contributed by atoms with Crippen LogP contribution in [0.2, 0.25) is 0 Å². The van der Waals surface area contributed by atoms with E-state index in [0.29, 0.717) is 11.3 Å². The number of fused-ring (bicyclic) bond motifs is 3. The fourth-order valence-corrected chi connectivity index (χ4v) is 3.58. The number of hydrogen-bond donors (Lipinski definition) is 2. The quantitative estimate of drug-likeness (QED) is 0.655. The number of aliphatic hydroxyl groups is 1. The van der Waals surface area contributed by atoms with Crippen molar-refractivity contribution in [3.05, 3.63) is 65.2 Å². The van der Waals surface area contributed by atoms with Crippen molar-refractivity contribution < 1.29 is 24.5 Å². The summed E-state index contributed by atoms with van der Waals surface area (Å²) in [5.41, 5.74) is 0.725. The Morgan fingerprint density at radius 1 is 1.15 bits per heavy atom. The van der Waals surface area contributed by atoms with Gasteiger partial charge in [-0.15, -0.1) is 0 Å². The first-order valence-corrected chi connectivity index (χ1v) is 8.54. The number of benzene rings is 2. The Balaban J connectivity index is 1.67. The molecule has 0 unspecified atom stereocenters. The maximum Gasteiger partial charge on any atom is 0.210 e. The molecule has 4 rings (SSSR count). The lowest BCUT2D eigenvalue weighted by Crippen LogP contribution is -2.34. The van der Waals surface area contributed by atoms with Gasteiger partial charge in [-0.1, -0.05) is 36.4 Å². The number of rotatable bonds is 3. The second-order valence-corrected chi connectivity index (χ2v) is 7.16. The molecule has 0 bridgehead atoms. The van der Waals surface area contributed by atoms with Crippen LogP contribution < -0.4 is 4.74 Å². The van der Waals surface area contributed by atoms with Crippen LogP contribution in [0.1, 0.15) is 41.3 Å². The van der Waals surface area contributed by atoms with Crippen molar-refractivity contribution in [2.45, 2.75) is 37.8 Å². The third-order valence-corrected chi connectivity index (χ3v) is 5.01. The van der Waals surface area contributed by atoms with Gasteiger partial charge in [-0.3, -0.25) is 4.79 Å². The molecule has 1 fully saturated rings. The number of phenolic OH excluding ortho intramolecular Hbond substituents is 1. The first-order valence-electron chi connectivity index (χ1n) is 8.54. The Labute approximate surface area is 151 Å². The van der Waals surface area contributed by atoms with E-state index in [-0.39, 0.29) is 17.1 Å². The molecule has 2 aromatic rings. The summed E-state index contributed by atoms with van der Waals surface area (Å²) < 4.78 is 11.5. The molecule has 2 aliphatic heterocycles. The number of hydrogen-bond acceptors (Lipinski definition) is 5. The van der Waals surface area contributed by atoms with Crippen LogP contribution >= 0.6 is 0 Å². The highest BCUT2D eigenvalue weighted by Crippen LogP contribution is 2.53. The second kappa shape index (κ2) is 5.97. The number of allylic oxidation sites excluding steroid dienone is 1. The van der Waals surface area contributed by atoms with Crippen molar-refractivity contribution in [3.8, 4) is 11.5 Å². The molecular formula is C21H20O5. The number of aromatic hydroxyl groups is 1. The molecule has 2 aromatic carbocycles. The predicted octanol–water partition coefficient (Wildman–Crippen LogP) is 3.26. The summed E-state index contributed by atoms with van der Waals surface area (Å²) in [5, 5.41) is 21.3. The first kappa shape index (κ1) is 16.8. The Hall–Kier alpha value is -2.63. The van der Waals surface area contributed by atoms with Crippen LogP contribution in [0.15, 0.2) is 48.5 Å². The monoisotopic (exact) mass is 352 g/mol. The highest BCUT2D eigenvalue weighted by molar-refractivity contribution is 6.09. The molecule has 0 saturated carbocycles. The standard InChI is InChI=1S/C21H20O5/c1-21(2)19(24)17-16-15(25-20(17)26-21)11-9-13(18(16)23)14(22)10-8-12-6-4-3-5-7-12/h3-11,17,19-20,23-24H,1-2H3/t17-,19-,20+/m0/s1. The SMILES string of the molecule is CC1(C)O[C@H]2Oc3ccc(C(=O)C=Cc4ccccc4)c(O)c3[C@H]2[C@@H]1O. The van der Waals surface area contributed by atoms with E-state index in [1.165, 1.54) is 12.1 Å². The van der Waals surface area contributed by atoms with Crippen molar-refractivity contribution in [1.29, 1.82) is 0 Å². The third-order valence-electron chi connectivity index (χ3n) is 5.01. The Kier molecular flexibility index (Phi) is 3.86. The van der Waals surface area contributed by atoms with Gasteiger partial charge in [0.15, 0.2) is 5.78 Å². The summed E-state index contributed by atoms with van der Waals surface area (Å²) in [7, 11) is 0. The first-order chi connectivity index (χ1) is 12.4. The van der Waals surface area contributed by atoms with Crippen LogP contribution in [-0.4, -0.2) is 34.0 Å². The van der Waals surface area contributed by atoms with E-state index in [1.54, 1.807) is 26.0 Å². The fourth-order valence-electron chi connectivity index (χ4n) is 3.58. The van der Waals surface area contributed by atoms with Gasteiger partial charge in [0.05, 0.1) is 23.2 Å². The molecular weight excluding hydrogens is 332 g/mol. The molecule has 2 N–H and O–H groups in total.